The molecule has 0 bridgehead atoms. The number of rotatable bonds is 9. The van der Waals surface area contributed by atoms with Crippen molar-refractivity contribution in [3.63, 3.8) is 0 Å². The molecule has 0 saturated carbocycles. The number of hydrogen-bond donors (Lipinski definition) is 0. The van der Waals surface area contributed by atoms with Gasteiger partial charge in [0, 0.05) is 0 Å². The van der Waals surface area contributed by atoms with Crippen molar-refractivity contribution in [2.24, 2.45) is 0 Å². The topological polar surface area (TPSA) is 44.8 Å². The lowest BCUT2D eigenvalue weighted by Gasteiger charge is -2.13. The van der Waals surface area contributed by atoms with Crippen molar-refractivity contribution in [3.05, 3.63) is 127 Å². The normalized spacial score (nSPS) is 10.2. The van der Waals surface area contributed by atoms with Crippen LogP contribution < -0.4 is 14.2 Å². The molecule has 34 heavy (non-hydrogen) atoms. The van der Waals surface area contributed by atoms with Gasteiger partial charge in [0.15, 0.2) is 0 Å². The first-order valence-electron chi connectivity index (χ1n) is 10.8. The predicted molar refractivity (Wildman–Crippen MR) is 136 cm³/mol. The van der Waals surface area contributed by atoms with Gasteiger partial charge in [0.1, 0.15) is 17.2 Å². The summed E-state index contributed by atoms with van der Waals surface area (Å²) in [7, 11) is 0. The monoisotopic (exact) mass is 448 g/mol. The van der Waals surface area contributed by atoms with E-state index in [9.17, 15) is 4.79 Å². The highest BCUT2D eigenvalue weighted by Gasteiger charge is 2.16. The standard InChI is InChI=1S/C30H24O4/c1-3-22-10-14-25(15-11-22)32-21-33-27-18-19-28(29(20-27)24-8-6-5-7-9-24)30(31)34-26-16-12-23(4-2)13-17-26/h3-20H,1-2,21H2. The highest BCUT2D eigenvalue weighted by molar-refractivity contribution is 5.98. The molecule has 0 saturated heterocycles. The van der Waals surface area contributed by atoms with Gasteiger partial charge < -0.3 is 14.2 Å². The second-order valence-electron chi connectivity index (χ2n) is 7.42. The maximum atomic E-state index is 13.0. The molecule has 0 fully saturated rings. The van der Waals surface area contributed by atoms with Crippen LogP contribution in [0.1, 0.15) is 21.5 Å². The molecule has 0 heterocycles. The molecule has 0 atom stereocenters. The molecule has 0 spiro atoms. The Morgan fingerprint density at radius 1 is 0.676 bits per heavy atom. The third kappa shape index (κ3) is 5.61. The molecular formula is C30H24O4. The van der Waals surface area contributed by atoms with Crippen LogP contribution in [-0.4, -0.2) is 12.8 Å². The molecule has 4 heteroatoms. The predicted octanol–water partition coefficient (Wildman–Crippen LogP) is 7.27. The Kier molecular flexibility index (Phi) is 7.21. The lowest BCUT2D eigenvalue weighted by Crippen LogP contribution is -2.11. The van der Waals surface area contributed by atoms with Crippen molar-refractivity contribution < 1.29 is 19.0 Å². The molecule has 4 rings (SSSR count). The van der Waals surface area contributed by atoms with Crippen LogP contribution in [0.3, 0.4) is 0 Å². The molecule has 4 nitrogen and oxygen atoms in total. The fourth-order valence-corrected chi connectivity index (χ4v) is 3.35. The summed E-state index contributed by atoms with van der Waals surface area (Å²) < 4.78 is 17.1. The fourth-order valence-electron chi connectivity index (χ4n) is 3.35. The van der Waals surface area contributed by atoms with Crippen LogP contribution in [0.4, 0.5) is 0 Å². The Balaban J connectivity index is 1.52. The van der Waals surface area contributed by atoms with Gasteiger partial charge in [-0.2, -0.15) is 0 Å². The van der Waals surface area contributed by atoms with Gasteiger partial charge in [0.05, 0.1) is 5.56 Å². The molecule has 4 aromatic rings. The van der Waals surface area contributed by atoms with Crippen molar-refractivity contribution >= 4 is 18.1 Å². The minimum Gasteiger partial charge on any atom is -0.458 e. The highest BCUT2D eigenvalue weighted by atomic mass is 16.7. The van der Waals surface area contributed by atoms with Gasteiger partial charge in [-0.1, -0.05) is 79.9 Å². The van der Waals surface area contributed by atoms with Gasteiger partial charge in [-0.25, -0.2) is 4.79 Å². The number of esters is 1. The van der Waals surface area contributed by atoms with Crippen molar-refractivity contribution in [1.82, 2.24) is 0 Å². The van der Waals surface area contributed by atoms with Crippen molar-refractivity contribution in [2.45, 2.75) is 0 Å². The molecular weight excluding hydrogens is 424 g/mol. The number of benzene rings is 4. The summed E-state index contributed by atoms with van der Waals surface area (Å²) in [5.74, 6) is 1.28. The molecule has 168 valence electrons. The van der Waals surface area contributed by atoms with E-state index in [1.807, 2.05) is 72.8 Å². The van der Waals surface area contributed by atoms with E-state index < -0.39 is 5.97 Å². The first kappa shape index (κ1) is 22.6. The minimum atomic E-state index is -0.449. The number of carbonyl (C=O) groups excluding carboxylic acids is 1. The lowest BCUT2D eigenvalue weighted by atomic mass is 9.99. The Labute approximate surface area is 199 Å². The summed E-state index contributed by atoms with van der Waals surface area (Å²) >= 11 is 0. The summed E-state index contributed by atoms with van der Waals surface area (Å²) in [6, 6.07) is 29.6. The zero-order valence-corrected chi connectivity index (χ0v) is 18.6. The van der Waals surface area contributed by atoms with Gasteiger partial charge in [-0.05, 0) is 64.7 Å². The van der Waals surface area contributed by atoms with Gasteiger partial charge in [0.25, 0.3) is 0 Å². The van der Waals surface area contributed by atoms with E-state index in [-0.39, 0.29) is 6.79 Å². The first-order chi connectivity index (χ1) is 16.7. The Morgan fingerprint density at radius 2 is 1.24 bits per heavy atom. The molecule has 4 aromatic carbocycles. The average Bonchev–Trinajstić information content (AvgIpc) is 2.90. The van der Waals surface area contributed by atoms with Crippen LogP contribution in [0.5, 0.6) is 17.2 Å². The summed E-state index contributed by atoms with van der Waals surface area (Å²) in [6.45, 7) is 7.51. The molecule has 0 aromatic heterocycles. The van der Waals surface area contributed by atoms with Gasteiger partial charge in [-0.3, -0.25) is 0 Å². The Bertz CT molecular complexity index is 1270. The van der Waals surface area contributed by atoms with Gasteiger partial charge in [-0.15, -0.1) is 0 Å². The van der Waals surface area contributed by atoms with Crippen LogP contribution >= 0.6 is 0 Å². The highest BCUT2D eigenvalue weighted by Crippen LogP contribution is 2.29. The Hall–Kier alpha value is -4.57. The van der Waals surface area contributed by atoms with E-state index in [0.29, 0.717) is 28.4 Å². The third-order valence-electron chi connectivity index (χ3n) is 5.19. The summed E-state index contributed by atoms with van der Waals surface area (Å²) in [5, 5.41) is 0. The van der Waals surface area contributed by atoms with E-state index in [4.69, 9.17) is 14.2 Å². The van der Waals surface area contributed by atoms with E-state index >= 15 is 0 Å². The van der Waals surface area contributed by atoms with Crippen molar-refractivity contribution in [2.75, 3.05) is 6.79 Å². The molecule has 0 amide bonds. The van der Waals surface area contributed by atoms with Crippen LogP contribution in [0.15, 0.2) is 110 Å². The molecule has 0 aliphatic carbocycles. The smallest absolute Gasteiger partial charge is 0.344 e. The van der Waals surface area contributed by atoms with E-state index in [0.717, 1.165) is 16.7 Å². The summed E-state index contributed by atoms with van der Waals surface area (Å²) in [6.07, 6.45) is 3.51. The first-order valence-corrected chi connectivity index (χ1v) is 10.8. The second-order valence-corrected chi connectivity index (χ2v) is 7.42. The summed E-state index contributed by atoms with van der Waals surface area (Å²) in [4.78, 5) is 13.0. The lowest BCUT2D eigenvalue weighted by molar-refractivity contribution is 0.0735. The van der Waals surface area contributed by atoms with Crippen LogP contribution in [0.25, 0.3) is 23.3 Å². The van der Waals surface area contributed by atoms with E-state index in [2.05, 4.69) is 13.2 Å². The number of hydrogen-bond acceptors (Lipinski definition) is 4. The van der Waals surface area contributed by atoms with Crippen molar-refractivity contribution in [1.29, 1.82) is 0 Å². The average molecular weight is 449 g/mol. The minimum absolute atomic E-state index is 0.0289. The van der Waals surface area contributed by atoms with Gasteiger partial charge >= 0.3 is 5.97 Å². The molecule has 0 unspecified atom stereocenters. The third-order valence-corrected chi connectivity index (χ3v) is 5.19. The summed E-state index contributed by atoms with van der Waals surface area (Å²) in [5.41, 5.74) is 3.99. The fraction of sp³-hybridized carbons (Fsp3) is 0.0333. The van der Waals surface area contributed by atoms with E-state index in [1.165, 1.54) is 0 Å². The van der Waals surface area contributed by atoms with Crippen LogP contribution in [-0.2, 0) is 0 Å². The number of ether oxygens (including phenoxy) is 3. The molecule has 0 aliphatic heterocycles. The SMILES string of the molecule is C=Cc1ccc(OCOc2ccc(C(=O)Oc3ccc(C=C)cc3)c(-c3ccccc3)c2)cc1. The zero-order valence-electron chi connectivity index (χ0n) is 18.6. The van der Waals surface area contributed by atoms with Crippen LogP contribution in [0, 0.1) is 0 Å². The second kappa shape index (κ2) is 10.8. The maximum Gasteiger partial charge on any atom is 0.344 e. The Morgan fingerprint density at radius 3 is 1.85 bits per heavy atom. The van der Waals surface area contributed by atoms with Gasteiger partial charge in [0.2, 0.25) is 6.79 Å². The molecule has 0 radical (unpaired) electrons. The van der Waals surface area contributed by atoms with E-state index in [1.54, 1.807) is 36.4 Å². The largest absolute Gasteiger partial charge is 0.458 e. The molecule has 0 aliphatic rings. The van der Waals surface area contributed by atoms with Crippen molar-refractivity contribution in [3.8, 4) is 28.4 Å². The number of carbonyl (C=O) groups is 1. The maximum absolute atomic E-state index is 13.0. The zero-order chi connectivity index (χ0) is 23.8. The van der Waals surface area contributed by atoms with Crippen LogP contribution in [0.2, 0.25) is 0 Å². The molecule has 0 N–H and O–H groups in total. The quantitative estimate of drug-likeness (QED) is 0.153.